The minimum atomic E-state index is 0.0515. The highest BCUT2D eigenvalue weighted by molar-refractivity contribution is 5.93. The largest absolute Gasteiger partial charge is 0.341 e. The van der Waals surface area contributed by atoms with Gasteiger partial charge in [0.15, 0.2) is 0 Å². The van der Waals surface area contributed by atoms with Gasteiger partial charge in [0.1, 0.15) is 0 Å². The molecule has 2 aromatic rings. The molecule has 23 heavy (non-hydrogen) atoms. The van der Waals surface area contributed by atoms with Gasteiger partial charge in [-0.05, 0) is 44.4 Å². The van der Waals surface area contributed by atoms with Crippen LogP contribution in [0.15, 0.2) is 36.5 Å². The highest BCUT2D eigenvalue weighted by Gasteiger charge is 2.26. The van der Waals surface area contributed by atoms with Crippen molar-refractivity contribution in [3.63, 3.8) is 0 Å². The number of carbonyl (C=O) groups is 1. The first-order chi connectivity index (χ1) is 11.1. The molecule has 1 N–H and O–H groups in total. The average Bonchev–Trinajstić information content (AvgIpc) is 2.57. The zero-order valence-corrected chi connectivity index (χ0v) is 13.6. The minimum absolute atomic E-state index is 0.0515. The fourth-order valence-corrected chi connectivity index (χ4v) is 2.88. The van der Waals surface area contributed by atoms with Crippen LogP contribution >= 0.6 is 0 Å². The number of anilines is 2. The third kappa shape index (κ3) is 3.67. The summed E-state index contributed by atoms with van der Waals surface area (Å²) in [5.41, 5.74) is 2.96. The molecule has 0 radical (unpaired) electrons. The number of hydrogen-bond donors (Lipinski definition) is 1. The molecule has 0 aliphatic carbocycles. The molecule has 1 fully saturated rings. The number of nitrogens with one attached hydrogen (secondary N) is 1. The summed E-state index contributed by atoms with van der Waals surface area (Å²) in [7, 11) is 0. The maximum Gasteiger partial charge on any atom is 0.227 e. The van der Waals surface area contributed by atoms with Crippen LogP contribution in [0.1, 0.15) is 24.1 Å². The molecule has 1 aromatic carbocycles. The number of benzene rings is 1. The van der Waals surface area contributed by atoms with Gasteiger partial charge >= 0.3 is 0 Å². The zero-order valence-electron chi connectivity index (χ0n) is 13.6. The molecule has 1 aliphatic rings. The van der Waals surface area contributed by atoms with E-state index < -0.39 is 0 Å². The maximum absolute atomic E-state index is 12.5. The van der Waals surface area contributed by atoms with E-state index in [-0.39, 0.29) is 11.8 Å². The maximum atomic E-state index is 12.5. The van der Waals surface area contributed by atoms with Crippen molar-refractivity contribution in [1.29, 1.82) is 0 Å². The molecular weight excluding hydrogens is 288 g/mol. The predicted octanol–water partition coefficient (Wildman–Crippen LogP) is 2.95. The van der Waals surface area contributed by atoms with Gasteiger partial charge in [-0.15, -0.1) is 0 Å². The second-order valence-electron chi connectivity index (χ2n) is 6.06. The number of piperidine rings is 1. The Hall–Kier alpha value is -2.43. The first kappa shape index (κ1) is 15.5. The third-order valence-electron chi connectivity index (χ3n) is 4.33. The SMILES string of the molecule is Cc1ccnc(N2CCC(C(=O)Nc3ccccc3C)CC2)n1. The summed E-state index contributed by atoms with van der Waals surface area (Å²) in [5, 5.41) is 3.05. The molecule has 0 bridgehead atoms. The van der Waals surface area contributed by atoms with Crippen molar-refractivity contribution in [1.82, 2.24) is 9.97 Å². The van der Waals surface area contributed by atoms with Crippen LogP contribution in [0.5, 0.6) is 0 Å². The Morgan fingerprint density at radius 2 is 1.91 bits per heavy atom. The Morgan fingerprint density at radius 3 is 2.61 bits per heavy atom. The summed E-state index contributed by atoms with van der Waals surface area (Å²) in [6, 6.07) is 9.77. The van der Waals surface area contributed by atoms with E-state index in [1.54, 1.807) is 6.20 Å². The molecule has 2 heterocycles. The number of hydrogen-bond acceptors (Lipinski definition) is 4. The normalized spacial score (nSPS) is 15.5. The molecule has 0 spiro atoms. The molecule has 1 aromatic heterocycles. The lowest BCUT2D eigenvalue weighted by atomic mass is 9.96. The van der Waals surface area contributed by atoms with Gasteiger partial charge in [-0.25, -0.2) is 9.97 Å². The van der Waals surface area contributed by atoms with Crippen molar-refractivity contribution in [3.8, 4) is 0 Å². The lowest BCUT2D eigenvalue weighted by Crippen LogP contribution is -2.39. The molecule has 3 rings (SSSR count). The fourth-order valence-electron chi connectivity index (χ4n) is 2.88. The number of aryl methyl sites for hydroxylation is 2. The molecule has 0 atom stereocenters. The Bertz CT molecular complexity index is 693. The van der Waals surface area contributed by atoms with E-state index in [4.69, 9.17) is 0 Å². The molecule has 5 nitrogen and oxygen atoms in total. The van der Waals surface area contributed by atoms with Crippen molar-refractivity contribution in [2.24, 2.45) is 5.92 Å². The average molecular weight is 310 g/mol. The van der Waals surface area contributed by atoms with Crippen molar-refractivity contribution >= 4 is 17.5 Å². The van der Waals surface area contributed by atoms with Gasteiger partial charge in [0.05, 0.1) is 0 Å². The van der Waals surface area contributed by atoms with E-state index in [2.05, 4.69) is 20.2 Å². The fraction of sp³-hybridized carbons (Fsp3) is 0.389. The summed E-state index contributed by atoms with van der Waals surface area (Å²) >= 11 is 0. The lowest BCUT2D eigenvalue weighted by Gasteiger charge is -2.31. The van der Waals surface area contributed by atoms with Gasteiger partial charge in [-0.2, -0.15) is 0 Å². The van der Waals surface area contributed by atoms with E-state index in [9.17, 15) is 4.79 Å². The van der Waals surface area contributed by atoms with Crippen molar-refractivity contribution in [3.05, 3.63) is 47.8 Å². The summed E-state index contributed by atoms with van der Waals surface area (Å²) in [6.45, 7) is 5.60. The van der Waals surface area contributed by atoms with E-state index in [1.807, 2.05) is 44.2 Å². The van der Waals surface area contributed by atoms with Gasteiger partial charge in [-0.1, -0.05) is 18.2 Å². The highest BCUT2D eigenvalue weighted by atomic mass is 16.1. The first-order valence-electron chi connectivity index (χ1n) is 8.04. The van der Waals surface area contributed by atoms with Crippen LogP contribution in [0.3, 0.4) is 0 Å². The molecule has 1 amide bonds. The third-order valence-corrected chi connectivity index (χ3v) is 4.33. The predicted molar refractivity (Wildman–Crippen MR) is 91.5 cm³/mol. The van der Waals surface area contributed by atoms with Gasteiger partial charge in [0.2, 0.25) is 11.9 Å². The van der Waals surface area contributed by atoms with Crippen LogP contribution < -0.4 is 10.2 Å². The van der Waals surface area contributed by atoms with Gasteiger partial charge in [-0.3, -0.25) is 4.79 Å². The van der Waals surface area contributed by atoms with Gasteiger partial charge in [0, 0.05) is 36.6 Å². The van der Waals surface area contributed by atoms with E-state index in [1.165, 1.54) is 0 Å². The highest BCUT2D eigenvalue weighted by Crippen LogP contribution is 2.23. The van der Waals surface area contributed by atoms with E-state index >= 15 is 0 Å². The molecule has 0 unspecified atom stereocenters. The Morgan fingerprint density at radius 1 is 1.17 bits per heavy atom. The van der Waals surface area contributed by atoms with Gasteiger partial charge < -0.3 is 10.2 Å². The Labute approximate surface area is 136 Å². The van der Waals surface area contributed by atoms with Crippen molar-refractivity contribution in [2.45, 2.75) is 26.7 Å². The van der Waals surface area contributed by atoms with E-state index in [0.29, 0.717) is 0 Å². The summed E-state index contributed by atoms with van der Waals surface area (Å²) in [4.78, 5) is 23.4. The monoisotopic (exact) mass is 310 g/mol. The van der Waals surface area contributed by atoms with Crippen LogP contribution in [-0.4, -0.2) is 29.0 Å². The van der Waals surface area contributed by atoms with Gasteiger partial charge in [0.25, 0.3) is 0 Å². The number of carbonyl (C=O) groups excluding carboxylic acids is 1. The van der Waals surface area contributed by atoms with Crippen LogP contribution in [0.25, 0.3) is 0 Å². The topological polar surface area (TPSA) is 58.1 Å². The summed E-state index contributed by atoms with van der Waals surface area (Å²) < 4.78 is 0. The molecule has 120 valence electrons. The molecular formula is C18H22N4O. The summed E-state index contributed by atoms with van der Waals surface area (Å²) in [5.74, 6) is 0.933. The number of rotatable bonds is 3. The lowest BCUT2D eigenvalue weighted by molar-refractivity contribution is -0.120. The molecule has 1 aliphatic heterocycles. The standard InChI is InChI=1S/C18H22N4O/c1-13-5-3-4-6-16(13)21-17(23)15-8-11-22(12-9-15)18-19-10-7-14(2)20-18/h3-7,10,15H,8-9,11-12H2,1-2H3,(H,21,23). The smallest absolute Gasteiger partial charge is 0.227 e. The molecule has 1 saturated heterocycles. The molecule has 0 saturated carbocycles. The quantitative estimate of drug-likeness (QED) is 0.947. The minimum Gasteiger partial charge on any atom is -0.341 e. The van der Waals surface area contributed by atoms with Crippen molar-refractivity contribution < 1.29 is 4.79 Å². The number of aromatic nitrogens is 2. The van der Waals surface area contributed by atoms with Crippen LogP contribution in [0.2, 0.25) is 0 Å². The Kier molecular flexibility index (Phi) is 4.55. The van der Waals surface area contributed by atoms with Crippen molar-refractivity contribution in [2.75, 3.05) is 23.3 Å². The van der Waals surface area contributed by atoms with E-state index in [0.717, 1.165) is 48.8 Å². The Balaban J connectivity index is 1.58. The molecule has 5 heteroatoms. The number of amides is 1. The summed E-state index contributed by atoms with van der Waals surface area (Å²) in [6.07, 6.45) is 3.44. The van der Waals surface area contributed by atoms with Crippen LogP contribution in [-0.2, 0) is 4.79 Å². The second-order valence-corrected chi connectivity index (χ2v) is 6.06. The first-order valence-corrected chi connectivity index (χ1v) is 8.04. The number of para-hydroxylation sites is 1. The van der Waals surface area contributed by atoms with Crippen LogP contribution in [0.4, 0.5) is 11.6 Å². The number of nitrogens with zero attached hydrogens (tertiary/aromatic N) is 3. The second kappa shape index (κ2) is 6.77. The van der Waals surface area contributed by atoms with Crippen LogP contribution in [0, 0.1) is 19.8 Å². The zero-order chi connectivity index (χ0) is 16.2.